The number of hydrogen-bond acceptors (Lipinski definition) is 4. The van der Waals surface area contributed by atoms with E-state index in [2.05, 4.69) is 10.3 Å². The number of rotatable bonds is 4. The number of nitrogens with one attached hydrogen (secondary N) is 1. The van der Waals surface area contributed by atoms with Crippen LogP contribution in [0.2, 0.25) is 0 Å². The molecule has 1 N–H and O–H groups in total. The number of pyridine rings is 2. The van der Waals surface area contributed by atoms with E-state index in [4.69, 9.17) is 4.42 Å². The van der Waals surface area contributed by atoms with E-state index >= 15 is 0 Å². The summed E-state index contributed by atoms with van der Waals surface area (Å²) in [5.74, 6) is -0.133. The number of aryl methyl sites for hydroxylation is 1. The summed E-state index contributed by atoms with van der Waals surface area (Å²) in [5.41, 5.74) is 3.95. The second-order valence-corrected chi connectivity index (χ2v) is 6.30. The first-order chi connectivity index (χ1) is 13.6. The minimum absolute atomic E-state index is 0.167. The van der Waals surface area contributed by atoms with Crippen molar-refractivity contribution in [2.24, 2.45) is 0 Å². The molecule has 4 aromatic rings. The van der Waals surface area contributed by atoms with Crippen LogP contribution < -0.4 is 10.9 Å². The van der Waals surface area contributed by atoms with Crippen LogP contribution in [0.4, 0.5) is 5.69 Å². The van der Waals surface area contributed by atoms with Crippen molar-refractivity contribution >= 4 is 11.6 Å². The number of amides is 1. The summed E-state index contributed by atoms with van der Waals surface area (Å²) >= 11 is 0. The average Bonchev–Trinajstić information content (AvgIpc) is 3.24. The maximum atomic E-state index is 12.5. The lowest BCUT2D eigenvalue weighted by atomic mass is 10.1. The third-order valence-electron chi connectivity index (χ3n) is 4.39. The molecule has 4 rings (SSSR count). The Morgan fingerprint density at radius 1 is 1.11 bits per heavy atom. The van der Waals surface area contributed by atoms with Gasteiger partial charge >= 0.3 is 0 Å². The molecule has 1 amide bonds. The molecular formula is C22H17N3O3. The Balaban J connectivity index is 1.70. The number of carbonyl (C=O) groups excluding carboxylic acids is 1. The maximum Gasteiger partial charge on any atom is 0.291 e. The standard InChI is InChI=1S/C22H17N3O3/c1-15-9-10-23-13-19(15)16-7-8-21(26)25(14-16)18-5-2-4-17(12-18)24-22(27)20-6-3-11-28-20/h2-14H,1H3,(H,24,27). The molecule has 0 bridgehead atoms. The first-order valence-electron chi connectivity index (χ1n) is 8.71. The Hall–Kier alpha value is -3.93. The fourth-order valence-electron chi connectivity index (χ4n) is 2.95. The van der Waals surface area contributed by atoms with Crippen LogP contribution in [-0.2, 0) is 0 Å². The van der Waals surface area contributed by atoms with Gasteiger partial charge in [-0.2, -0.15) is 0 Å². The normalized spacial score (nSPS) is 10.6. The fraction of sp³-hybridized carbons (Fsp3) is 0.0455. The van der Waals surface area contributed by atoms with Gasteiger partial charge in [-0.25, -0.2) is 0 Å². The minimum atomic E-state index is -0.353. The average molecular weight is 371 g/mol. The van der Waals surface area contributed by atoms with Gasteiger partial charge < -0.3 is 9.73 Å². The number of anilines is 1. The molecule has 0 aliphatic heterocycles. The van der Waals surface area contributed by atoms with E-state index in [0.29, 0.717) is 11.4 Å². The maximum absolute atomic E-state index is 12.5. The van der Waals surface area contributed by atoms with Crippen molar-refractivity contribution in [1.82, 2.24) is 9.55 Å². The van der Waals surface area contributed by atoms with Crippen molar-refractivity contribution < 1.29 is 9.21 Å². The zero-order chi connectivity index (χ0) is 19.5. The molecule has 0 radical (unpaired) electrons. The highest BCUT2D eigenvalue weighted by Crippen LogP contribution is 2.22. The molecule has 0 spiro atoms. The minimum Gasteiger partial charge on any atom is -0.459 e. The van der Waals surface area contributed by atoms with Gasteiger partial charge in [-0.1, -0.05) is 6.07 Å². The van der Waals surface area contributed by atoms with E-state index in [1.165, 1.54) is 12.3 Å². The molecule has 6 nitrogen and oxygen atoms in total. The summed E-state index contributed by atoms with van der Waals surface area (Å²) in [6, 6.07) is 15.6. The second kappa shape index (κ2) is 7.36. The highest BCUT2D eigenvalue weighted by atomic mass is 16.3. The van der Waals surface area contributed by atoms with E-state index in [1.54, 1.807) is 59.6 Å². The Labute approximate surface area is 161 Å². The third-order valence-corrected chi connectivity index (χ3v) is 4.39. The fourth-order valence-corrected chi connectivity index (χ4v) is 2.95. The zero-order valence-corrected chi connectivity index (χ0v) is 15.1. The van der Waals surface area contributed by atoms with Crippen LogP contribution in [0.3, 0.4) is 0 Å². The quantitative estimate of drug-likeness (QED) is 0.587. The van der Waals surface area contributed by atoms with Gasteiger partial charge in [0.2, 0.25) is 0 Å². The van der Waals surface area contributed by atoms with Crippen molar-refractivity contribution in [3.8, 4) is 16.8 Å². The summed E-state index contributed by atoms with van der Waals surface area (Å²) in [5, 5.41) is 2.77. The molecule has 6 heteroatoms. The number of hydrogen-bond donors (Lipinski definition) is 1. The summed E-state index contributed by atoms with van der Waals surface area (Å²) in [6.45, 7) is 2.00. The molecular weight excluding hydrogens is 354 g/mol. The summed E-state index contributed by atoms with van der Waals surface area (Å²) < 4.78 is 6.65. The molecule has 0 fully saturated rings. The van der Waals surface area contributed by atoms with Gasteiger partial charge in [0, 0.05) is 41.5 Å². The lowest BCUT2D eigenvalue weighted by molar-refractivity contribution is 0.0996. The van der Waals surface area contributed by atoms with Crippen molar-refractivity contribution in [3.63, 3.8) is 0 Å². The largest absolute Gasteiger partial charge is 0.459 e. The molecule has 0 atom stereocenters. The summed E-state index contributed by atoms with van der Waals surface area (Å²) in [7, 11) is 0. The number of benzene rings is 1. The van der Waals surface area contributed by atoms with E-state index in [9.17, 15) is 9.59 Å². The monoisotopic (exact) mass is 371 g/mol. The van der Waals surface area contributed by atoms with Crippen molar-refractivity contribution in [2.75, 3.05) is 5.32 Å². The lowest BCUT2D eigenvalue weighted by Crippen LogP contribution is -2.17. The molecule has 138 valence electrons. The van der Waals surface area contributed by atoms with Gasteiger partial charge in [0.15, 0.2) is 5.76 Å². The van der Waals surface area contributed by atoms with Gasteiger partial charge in [-0.3, -0.25) is 19.1 Å². The van der Waals surface area contributed by atoms with Gasteiger partial charge in [0.1, 0.15) is 0 Å². The molecule has 0 unspecified atom stereocenters. The van der Waals surface area contributed by atoms with E-state index in [-0.39, 0.29) is 17.2 Å². The van der Waals surface area contributed by atoms with Crippen LogP contribution in [0.25, 0.3) is 16.8 Å². The first kappa shape index (κ1) is 17.5. The number of carbonyl (C=O) groups is 1. The van der Waals surface area contributed by atoms with Gasteiger partial charge in [0.05, 0.1) is 12.0 Å². The number of aromatic nitrogens is 2. The van der Waals surface area contributed by atoms with Gasteiger partial charge in [-0.15, -0.1) is 0 Å². The topological polar surface area (TPSA) is 77.1 Å². The number of furan rings is 1. The Bertz CT molecular complexity index is 1190. The lowest BCUT2D eigenvalue weighted by Gasteiger charge is -2.11. The van der Waals surface area contributed by atoms with E-state index < -0.39 is 0 Å². The predicted molar refractivity (Wildman–Crippen MR) is 107 cm³/mol. The summed E-state index contributed by atoms with van der Waals surface area (Å²) in [4.78, 5) is 28.8. The van der Waals surface area contributed by atoms with Crippen LogP contribution in [-0.4, -0.2) is 15.5 Å². The Kier molecular flexibility index (Phi) is 4.60. The third kappa shape index (κ3) is 3.48. The van der Waals surface area contributed by atoms with Gasteiger partial charge in [-0.05, 0) is 55.0 Å². The van der Waals surface area contributed by atoms with E-state index in [0.717, 1.165) is 16.7 Å². The molecule has 0 saturated carbocycles. The van der Waals surface area contributed by atoms with E-state index in [1.807, 2.05) is 19.1 Å². The Morgan fingerprint density at radius 2 is 2.00 bits per heavy atom. The van der Waals surface area contributed by atoms with Gasteiger partial charge in [0.25, 0.3) is 11.5 Å². The van der Waals surface area contributed by atoms with Crippen molar-refractivity contribution in [1.29, 1.82) is 0 Å². The van der Waals surface area contributed by atoms with Crippen LogP contribution in [0.5, 0.6) is 0 Å². The number of nitrogens with zero attached hydrogens (tertiary/aromatic N) is 2. The van der Waals surface area contributed by atoms with Crippen molar-refractivity contribution in [3.05, 3.63) is 101 Å². The van der Waals surface area contributed by atoms with Crippen LogP contribution in [0, 0.1) is 6.92 Å². The molecule has 3 aromatic heterocycles. The Morgan fingerprint density at radius 3 is 2.79 bits per heavy atom. The molecule has 28 heavy (non-hydrogen) atoms. The van der Waals surface area contributed by atoms with Crippen molar-refractivity contribution in [2.45, 2.75) is 6.92 Å². The van der Waals surface area contributed by atoms with Crippen LogP contribution >= 0.6 is 0 Å². The smallest absolute Gasteiger partial charge is 0.291 e. The molecule has 0 saturated heterocycles. The predicted octanol–water partition coefficient (Wildman–Crippen LogP) is 4.05. The SMILES string of the molecule is Cc1ccncc1-c1ccc(=O)n(-c2cccc(NC(=O)c3ccco3)c2)c1. The highest BCUT2D eigenvalue weighted by Gasteiger charge is 2.10. The first-order valence-corrected chi connectivity index (χ1v) is 8.71. The van der Waals surface area contributed by atoms with Crippen LogP contribution in [0.15, 0.2) is 88.7 Å². The molecule has 0 aliphatic rings. The molecule has 1 aromatic carbocycles. The zero-order valence-electron chi connectivity index (χ0n) is 15.1. The van der Waals surface area contributed by atoms with Crippen LogP contribution in [0.1, 0.15) is 16.1 Å². The second-order valence-electron chi connectivity index (χ2n) is 6.30. The molecule has 3 heterocycles. The summed E-state index contributed by atoms with van der Waals surface area (Å²) in [6.07, 6.45) is 6.73. The highest BCUT2D eigenvalue weighted by molar-refractivity contribution is 6.02. The molecule has 0 aliphatic carbocycles.